The van der Waals surface area contributed by atoms with Crippen LogP contribution in [0.25, 0.3) is 11.1 Å². The molecule has 0 atom stereocenters. The number of hydrogen-bond acceptors (Lipinski definition) is 4. The molecule has 28 heavy (non-hydrogen) atoms. The lowest BCUT2D eigenvalue weighted by Gasteiger charge is -2.19. The standard InChI is InChI=1S/C22H22N2O3S/c1-22(2,3)27-21(26)24-17-11-9-16(10-12-17)23-20(25)19-18(13-14-28-19)15-7-5-4-6-8-15/h4-14H,1-3H3,(H,23,25)(H,24,26). The second-order valence-corrected chi connectivity index (χ2v) is 8.10. The lowest BCUT2D eigenvalue weighted by atomic mass is 10.1. The van der Waals surface area contributed by atoms with E-state index >= 15 is 0 Å². The molecule has 2 aromatic carbocycles. The van der Waals surface area contributed by atoms with E-state index in [2.05, 4.69) is 10.6 Å². The molecule has 3 aromatic rings. The van der Waals surface area contributed by atoms with Crippen molar-refractivity contribution < 1.29 is 14.3 Å². The summed E-state index contributed by atoms with van der Waals surface area (Å²) < 4.78 is 5.22. The summed E-state index contributed by atoms with van der Waals surface area (Å²) in [6.45, 7) is 5.42. The van der Waals surface area contributed by atoms with Crippen LogP contribution in [-0.4, -0.2) is 17.6 Å². The minimum absolute atomic E-state index is 0.165. The summed E-state index contributed by atoms with van der Waals surface area (Å²) >= 11 is 1.40. The van der Waals surface area contributed by atoms with E-state index in [1.165, 1.54) is 11.3 Å². The van der Waals surface area contributed by atoms with Crippen molar-refractivity contribution in [2.24, 2.45) is 0 Å². The maximum atomic E-state index is 12.7. The highest BCUT2D eigenvalue weighted by atomic mass is 32.1. The maximum Gasteiger partial charge on any atom is 0.412 e. The minimum atomic E-state index is -0.560. The Bertz CT molecular complexity index is 957. The molecule has 5 nitrogen and oxygen atoms in total. The number of nitrogens with one attached hydrogen (secondary N) is 2. The molecule has 144 valence electrons. The molecular weight excluding hydrogens is 372 g/mol. The van der Waals surface area contributed by atoms with Crippen LogP contribution in [0.5, 0.6) is 0 Å². The highest BCUT2D eigenvalue weighted by Gasteiger charge is 2.17. The van der Waals surface area contributed by atoms with Gasteiger partial charge in [-0.15, -0.1) is 11.3 Å². The number of carbonyl (C=O) groups is 2. The van der Waals surface area contributed by atoms with Gasteiger partial charge in [0.25, 0.3) is 5.91 Å². The van der Waals surface area contributed by atoms with Gasteiger partial charge in [0.2, 0.25) is 0 Å². The number of hydrogen-bond donors (Lipinski definition) is 2. The Morgan fingerprint density at radius 1 is 0.857 bits per heavy atom. The van der Waals surface area contributed by atoms with Gasteiger partial charge in [0.15, 0.2) is 0 Å². The number of carbonyl (C=O) groups excluding carboxylic acids is 2. The van der Waals surface area contributed by atoms with Crippen LogP contribution >= 0.6 is 11.3 Å². The lowest BCUT2D eigenvalue weighted by molar-refractivity contribution is 0.0635. The first-order valence-corrected chi connectivity index (χ1v) is 9.74. The van der Waals surface area contributed by atoms with E-state index in [-0.39, 0.29) is 5.91 Å². The summed E-state index contributed by atoms with van der Waals surface area (Å²) in [5.41, 5.74) is 2.59. The summed E-state index contributed by atoms with van der Waals surface area (Å²) in [6.07, 6.45) is -0.518. The van der Waals surface area contributed by atoms with Crippen molar-refractivity contribution in [3.05, 3.63) is 70.9 Å². The summed E-state index contributed by atoms with van der Waals surface area (Å²) in [5, 5.41) is 7.47. The van der Waals surface area contributed by atoms with Crippen LogP contribution in [0.3, 0.4) is 0 Å². The van der Waals surface area contributed by atoms with Gasteiger partial charge in [0.1, 0.15) is 5.60 Å². The van der Waals surface area contributed by atoms with Gasteiger partial charge in [0, 0.05) is 16.9 Å². The molecule has 0 aliphatic rings. The monoisotopic (exact) mass is 394 g/mol. The number of rotatable bonds is 4. The first-order chi connectivity index (χ1) is 13.3. The van der Waals surface area contributed by atoms with Crippen molar-refractivity contribution in [1.82, 2.24) is 0 Å². The number of anilines is 2. The molecule has 2 amide bonds. The third kappa shape index (κ3) is 5.20. The Balaban J connectivity index is 1.66. The largest absolute Gasteiger partial charge is 0.444 e. The van der Waals surface area contributed by atoms with Crippen LogP contribution < -0.4 is 10.6 Å². The fourth-order valence-corrected chi connectivity index (χ4v) is 3.39. The zero-order valence-electron chi connectivity index (χ0n) is 16.0. The quantitative estimate of drug-likeness (QED) is 0.569. The highest BCUT2D eigenvalue weighted by molar-refractivity contribution is 7.12. The molecule has 0 saturated carbocycles. The van der Waals surface area contributed by atoms with Gasteiger partial charge < -0.3 is 10.1 Å². The van der Waals surface area contributed by atoms with Crippen molar-refractivity contribution in [3.8, 4) is 11.1 Å². The van der Waals surface area contributed by atoms with Crippen molar-refractivity contribution in [1.29, 1.82) is 0 Å². The number of ether oxygens (including phenoxy) is 1. The zero-order chi connectivity index (χ0) is 20.1. The fraction of sp³-hybridized carbons (Fsp3) is 0.182. The van der Waals surface area contributed by atoms with Crippen LogP contribution in [-0.2, 0) is 4.74 Å². The van der Waals surface area contributed by atoms with E-state index in [1.807, 2.05) is 41.8 Å². The second kappa shape index (κ2) is 8.27. The molecule has 1 aromatic heterocycles. The van der Waals surface area contributed by atoms with Gasteiger partial charge in [-0.05, 0) is 62.0 Å². The maximum absolute atomic E-state index is 12.7. The van der Waals surface area contributed by atoms with E-state index < -0.39 is 11.7 Å². The van der Waals surface area contributed by atoms with Crippen LogP contribution in [0.4, 0.5) is 16.2 Å². The molecule has 0 unspecified atom stereocenters. The number of thiophene rings is 1. The lowest BCUT2D eigenvalue weighted by Crippen LogP contribution is -2.27. The highest BCUT2D eigenvalue weighted by Crippen LogP contribution is 2.29. The smallest absolute Gasteiger partial charge is 0.412 e. The van der Waals surface area contributed by atoms with Gasteiger partial charge in [-0.1, -0.05) is 30.3 Å². The van der Waals surface area contributed by atoms with Gasteiger partial charge >= 0.3 is 6.09 Å². The molecule has 0 saturated heterocycles. The van der Waals surface area contributed by atoms with Gasteiger partial charge in [-0.25, -0.2) is 4.79 Å². The Kier molecular flexibility index (Phi) is 5.80. The topological polar surface area (TPSA) is 67.4 Å². The van der Waals surface area contributed by atoms with Gasteiger partial charge in [-0.3, -0.25) is 10.1 Å². The molecular formula is C22H22N2O3S. The number of amides is 2. The third-order valence-electron chi connectivity index (χ3n) is 3.74. The first kappa shape index (κ1) is 19.6. The molecule has 6 heteroatoms. The Labute approximate surface area is 168 Å². The van der Waals surface area contributed by atoms with Crippen LogP contribution in [0, 0.1) is 0 Å². The van der Waals surface area contributed by atoms with Crippen molar-refractivity contribution >= 4 is 34.7 Å². The average molecular weight is 394 g/mol. The van der Waals surface area contributed by atoms with Crippen LogP contribution in [0.1, 0.15) is 30.4 Å². The Morgan fingerprint density at radius 3 is 2.07 bits per heavy atom. The van der Waals surface area contributed by atoms with E-state index in [0.717, 1.165) is 11.1 Å². The summed E-state index contributed by atoms with van der Waals surface area (Å²) in [7, 11) is 0. The zero-order valence-corrected chi connectivity index (χ0v) is 16.8. The van der Waals surface area contributed by atoms with Gasteiger partial charge in [-0.2, -0.15) is 0 Å². The molecule has 0 radical (unpaired) electrons. The predicted molar refractivity (Wildman–Crippen MR) is 114 cm³/mol. The summed E-state index contributed by atoms with van der Waals surface area (Å²) in [5.74, 6) is -0.165. The minimum Gasteiger partial charge on any atom is -0.444 e. The molecule has 3 rings (SSSR count). The normalized spacial score (nSPS) is 11.0. The fourth-order valence-electron chi connectivity index (χ4n) is 2.58. The molecule has 0 spiro atoms. The van der Waals surface area contributed by atoms with E-state index in [1.54, 1.807) is 45.0 Å². The molecule has 0 aliphatic carbocycles. The summed E-state index contributed by atoms with van der Waals surface area (Å²) in [6, 6.07) is 18.7. The number of benzene rings is 2. The van der Waals surface area contributed by atoms with Crippen LogP contribution in [0.2, 0.25) is 0 Å². The van der Waals surface area contributed by atoms with Crippen LogP contribution in [0.15, 0.2) is 66.0 Å². The molecule has 0 fully saturated rings. The molecule has 1 heterocycles. The second-order valence-electron chi connectivity index (χ2n) is 7.19. The van der Waals surface area contributed by atoms with E-state index in [9.17, 15) is 9.59 Å². The SMILES string of the molecule is CC(C)(C)OC(=O)Nc1ccc(NC(=O)c2sccc2-c2ccccc2)cc1. The molecule has 0 aliphatic heterocycles. The van der Waals surface area contributed by atoms with E-state index in [0.29, 0.717) is 16.3 Å². The average Bonchev–Trinajstić information content (AvgIpc) is 3.12. The molecule has 2 N–H and O–H groups in total. The third-order valence-corrected chi connectivity index (χ3v) is 4.66. The predicted octanol–water partition coefficient (Wildman–Crippen LogP) is 6.01. The first-order valence-electron chi connectivity index (χ1n) is 8.86. The van der Waals surface area contributed by atoms with Crippen molar-refractivity contribution in [3.63, 3.8) is 0 Å². The Hall–Kier alpha value is -3.12. The van der Waals surface area contributed by atoms with Crippen molar-refractivity contribution in [2.75, 3.05) is 10.6 Å². The van der Waals surface area contributed by atoms with Crippen molar-refractivity contribution in [2.45, 2.75) is 26.4 Å². The Morgan fingerprint density at radius 2 is 1.46 bits per heavy atom. The van der Waals surface area contributed by atoms with Gasteiger partial charge in [0.05, 0.1) is 4.88 Å². The van der Waals surface area contributed by atoms with E-state index in [4.69, 9.17) is 4.74 Å². The molecule has 0 bridgehead atoms. The summed E-state index contributed by atoms with van der Waals surface area (Å²) in [4.78, 5) is 25.2.